The first-order valence-corrected chi connectivity index (χ1v) is 32.7. The fourth-order valence-corrected chi connectivity index (χ4v) is 10.2. The van der Waals surface area contributed by atoms with E-state index in [-0.39, 0.29) is 64.0 Å². The Morgan fingerprint density at radius 3 is 1.08 bits per heavy atom. The lowest BCUT2D eigenvalue weighted by Gasteiger charge is -2.13. The van der Waals surface area contributed by atoms with E-state index >= 15 is 0 Å². The Morgan fingerprint density at radius 2 is 0.697 bits per heavy atom. The number of aliphatic imine (C=N–C) groups is 12. The van der Waals surface area contributed by atoms with Crippen LogP contribution in [0.4, 0.5) is 0 Å². The van der Waals surface area contributed by atoms with Gasteiger partial charge in [0.1, 0.15) is 103 Å². The maximum Gasteiger partial charge on any atom is 0.196 e. The van der Waals surface area contributed by atoms with Gasteiger partial charge < -0.3 is 56.8 Å². The van der Waals surface area contributed by atoms with Crippen molar-refractivity contribution in [1.82, 2.24) is 0 Å². The van der Waals surface area contributed by atoms with Crippen LogP contribution >= 0.6 is 0 Å². The standard InChI is InChI=1S/2C12H20N2O2.2C11H18N2O2.C10H16N2O2.C9H14N2O2/c1-8(9-13-11(2,3)6-15-9)10-14-12(4,5)7-16-10;1-4-9-7-16-12(14-9)10(5-2)11-13-8(3)6-15-11;1-10(2)6-14-8(12-10)5-9-13-11(3,4)7-15-9;1-4-9-6-15-11(13-9)8(3)10-12-7(2)5-14-10;1-3-8-6-14-10(12-8)4-9-11-7(2)5-13-9;1-2-7(8-10-3-5-12-8)9-11-4-6-13-9/h8H,6-7H2,1-5H3;8-10H,4-7H2,1-3H3;5-7H2,1-4H3;7-9H,4-6H2,1-3H3;7-8H,3-6H2,1-2H3;7H,2-6H2,1H3. The minimum atomic E-state index is -0.113. The molecule has 0 aromatic rings. The van der Waals surface area contributed by atoms with Crippen LogP contribution in [0.5, 0.6) is 0 Å². The molecule has 0 saturated heterocycles. The zero-order valence-corrected chi connectivity index (χ0v) is 56.9. The molecule has 12 aliphatic rings. The Kier molecular flexibility index (Phi) is 25.3. The summed E-state index contributed by atoms with van der Waals surface area (Å²) in [7, 11) is 0. The molecule has 0 amide bonds. The number of ether oxygens (including phenoxy) is 12. The Balaban J connectivity index is 0.000000152. The average molecular weight is 1250 g/mol. The van der Waals surface area contributed by atoms with Crippen LogP contribution in [0.3, 0.4) is 0 Å². The van der Waals surface area contributed by atoms with Gasteiger partial charge in [0.05, 0.1) is 84.3 Å². The van der Waals surface area contributed by atoms with Crippen LogP contribution in [-0.4, -0.2) is 222 Å². The van der Waals surface area contributed by atoms with Gasteiger partial charge in [-0.15, -0.1) is 0 Å². The van der Waals surface area contributed by atoms with Crippen molar-refractivity contribution in [3.63, 3.8) is 0 Å². The normalized spacial score (nSPS) is 27.9. The SMILES string of the molecule is CC(C1=NC(C)(C)CO1)C1=NC(C)(C)CO1.CC1(C)COC(CC2=NC(C)(C)CO2)=N1.CCC(C1=NCCO1)C1=NCCO1.CCC1COC(C(C)C2=NC(C)CO2)=N1.CCC1COC(C(CC)C2=NC(C)CO2)=N1.CCC1COC(CC2=NC(C)CO2)=N1. The molecule has 0 spiro atoms. The van der Waals surface area contributed by atoms with Gasteiger partial charge in [0.15, 0.2) is 70.8 Å². The van der Waals surface area contributed by atoms with Gasteiger partial charge in [-0.25, -0.2) is 49.9 Å². The lowest BCUT2D eigenvalue weighted by molar-refractivity contribution is 0.256. The maximum atomic E-state index is 5.65. The Hall–Kier alpha value is -6.36. The predicted molar refractivity (Wildman–Crippen MR) is 352 cm³/mol. The minimum absolute atomic E-state index is 0.0311. The first kappa shape index (κ1) is 70.1. The zero-order valence-electron chi connectivity index (χ0n) is 56.9. The van der Waals surface area contributed by atoms with Crippen molar-refractivity contribution in [3.05, 3.63) is 0 Å². The molecule has 8 unspecified atom stereocenters. The van der Waals surface area contributed by atoms with Crippen molar-refractivity contribution in [1.29, 1.82) is 0 Å². The highest BCUT2D eigenvalue weighted by Gasteiger charge is 2.38. The fraction of sp³-hybridized carbons (Fsp3) is 0.815. The summed E-state index contributed by atoms with van der Waals surface area (Å²) in [6.07, 6.45) is 6.18. The van der Waals surface area contributed by atoms with Gasteiger partial charge >= 0.3 is 0 Å². The highest BCUT2D eigenvalue weighted by atomic mass is 16.5. The Bertz CT molecular complexity index is 2670. The molecule has 0 aromatic carbocycles. The molecule has 12 aliphatic heterocycles. The molecule has 89 heavy (non-hydrogen) atoms. The minimum Gasteiger partial charge on any atom is -0.478 e. The quantitative estimate of drug-likeness (QED) is 0.132. The maximum absolute atomic E-state index is 5.65. The van der Waals surface area contributed by atoms with Gasteiger partial charge in [-0.1, -0.05) is 34.6 Å². The van der Waals surface area contributed by atoms with E-state index in [1.54, 1.807) is 0 Å². The molecule has 8 atom stereocenters. The molecular weight excluding hydrogens is 1140 g/mol. The third-order valence-corrected chi connectivity index (χ3v) is 15.5. The van der Waals surface area contributed by atoms with E-state index in [2.05, 4.69) is 157 Å². The molecule has 0 bridgehead atoms. The van der Waals surface area contributed by atoms with E-state index in [1.165, 1.54) is 0 Å². The second-order valence-electron chi connectivity index (χ2n) is 26.7. The summed E-state index contributed by atoms with van der Waals surface area (Å²) < 4.78 is 66.1. The van der Waals surface area contributed by atoms with Gasteiger partial charge in [0, 0.05) is 0 Å². The lowest BCUT2D eigenvalue weighted by Crippen LogP contribution is -2.24. The van der Waals surface area contributed by atoms with Crippen LogP contribution in [0.2, 0.25) is 0 Å². The second-order valence-corrected chi connectivity index (χ2v) is 26.7. The second kappa shape index (κ2) is 32.1. The first-order chi connectivity index (χ1) is 42.3. The van der Waals surface area contributed by atoms with Crippen LogP contribution in [0.1, 0.15) is 170 Å². The summed E-state index contributed by atoms with van der Waals surface area (Å²) >= 11 is 0. The van der Waals surface area contributed by atoms with Crippen molar-refractivity contribution in [2.75, 3.05) is 92.4 Å². The number of nitrogens with zero attached hydrogens (tertiary/aromatic N) is 12. The third-order valence-electron chi connectivity index (χ3n) is 15.5. The largest absolute Gasteiger partial charge is 0.478 e. The van der Waals surface area contributed by atoms with Crippen LogP contribution in [0.25, 0.3) is 0 Å². The van der Waals surface area contributed by atoms with E-state index in [0.29, 0.717) is 110 Å². The van der Waals surface area contributed by atoms with Crippen molar-refractivity contribution >= 4 is 70.8 Å². The summed E-state index contributed by atoms with van der Waals surface area (Å²) in [5, 5.41) is 0. The molecule has 498 valence electrons. The topological polar surface area (TPSA) is 259 Å². The molecule has 24 nitrogen and oxygen atoms in total. The first-order valence-electron chi connectivity index (χ1n) is 32.7. The summed E-state index contributed by atoms with van der Waals surface area (Å²) in [4.78, 5) is 53.4. The van der Waals surface area contributed by atoms with Crippen molar-refractivity contribution in [2.24, 2.45) is 83.6 Å². The average Bonchev–Trinajstić information content (AvgIpc) is 3.32. The molecule has 0 radical (unpaired) electrons. The third kappa shape index (κ3) is 21.4. The molecule has 12 rings (SSSR count). The number of hydrogen-bond donors (Lipinski definition) is 0. The summed E-state index contributed by atoms with van der Waals surface area (Å²) in [6.45, 7) is 47.0. The van der Waals surface area contributed by atoms with E-state index in [9.17, 15) is 0 Å². The Labute approximate surface area is 529 Å². The number of hydrogen-bond acceptors (Lipinski definition) is 24. The van der Waals surface area contributed by atoms with E-state index < -0.39 is 0 Å². The van der Waals surface area contributed by atoms with Gasteiger partial charge in [0.2, 0.25) is 0 Å². The monoisotopic (exact) mass is 1250 g/mol. The van der Waals surface area contributed by atoms with Crippen molar-refractivity contribution < 1.29 is 56.8 Å². The van der Waals surface area contributed by atoms with E-state index in [4.69, 9.17) is 56.8 Å². The van der Waals surface area contributed by atoms with E-state index in [1.807, 2.05) is 27.7 Å². The number of rotatable bonds is 17. The van der Waals surface area contributed by atoms with Crippen molar-refractivity contribution in [3.8, 4) is 0 Å². The molecule has 0 aromatic heterocycles. The van der Waals surface area contributed by atoms with Gasteiger partial charge in [-0.2, -0.15) is 0 Å². The summed E-state index contributed by atoms with van der Waals surface area (Å²) in [6, 6.07) is 1.81. The van der Waals surface area contributed by atoms with Crippen LogP contribution in [-0.2, 0) is 56.8 Å². The van der Waals surface area contributed by atoms with E-state index in [0.717, 1.165) is 116 Å². The Morgan fingerprint density at radius 1 is 0.348 bits per heavy atom. The highest BCUT2D eigenvalue weighted by Crippen LogP contribution is 2.28. The molecule has 0 aliphatic carbocycles. The molecule has 0 saturated carbocycles. The molecule has 24 heteroatoms. The smallest absolute Gasteiger partial charge is 0.196 e. The molecule has 0 N–H and O–H groups in total. The van der Waals surface area contributed by atoms with Crippen molar-refractivity contribution in [2.45, 2.75) is 228 Å². The highest BCUT2D eigenvalue weighted by molar-refractivity contribution is 6.04. The van der Waals surface area contributed by atoms with Crippen LogP contribution in [0.15, 0.2) is 59.9 Å². The lowest BCUT2D eigenvalue weighted by atomic mass is 10.1. The van der Waals surface area contributed by atoms with Gasteiger partial charge in [-0.05, 0) is 122 Å². The molecule has 12 heterocycles. The van der Waals surface area contributed by atoms with Crippen LogP contribution in [0, 0.1) is 23.7 Å². The molecular formula is C65H106N12O12. The predicted octanol–water partition coefficient (Wildman–Crippen LogP) is 9.78. The van der Waals surface area contributed by atoms with Gasteiger partial charge in [-0.3, -0.25) is 9.98 Å². The zero-order chi connectivity index (χ0) is 64.5. The fourth-order valence-electron chi connectivity index (χ4n) is 10.2. The van der Waals surface area contributed by atoms with Gasteiger partial charge in [0.25, 0.3) is 0 Å². The summed E-state index contributed by atoms with van der Waals surface area (Å²) in [5.41, 5.74) is -0.412. The van der Waals surface area contributed by atoms with Crippen LogP contribution < -0.4 is 0 Å². The summed E-state index contributed by atoms with van der Waals surface area (Å²) in [5.74, 6) is 9.75. The molecule has 0 fully saturated rings.